The van der Waals surface area contributed by atoms with E-state index in [-0.39, 0.29) is 11.7 Å². The van der Waals surface area contributed by atoms with Crippen LogP contribution in [0.1, 0.15) is 21.5 Å². The summed E-state index contributed by atoms with van der Waals surface area (Å²) in [7, 11) is 0. The van der Waals surface area contributed by atoms with E-state index in [9.17, 15) is 18.0 Å². The normalized spacial score (nSPS) is 15.0. The van der Waals surface area contributed by atoms with Gasteiger partial charge in [-0.1, -0.05) is 12.1 Å². The van der Waals surface area contributed by atoms with E-state index >= 15 is 0 Å². The Bertz CT molecular complexity index is 866. The maximum absolute atomic E-state index is 12.6. The van der Waals surface area contributed by atoms with Crippen LogP contribution in [0.25, 0.3) is 0 Å². The summed E-state index contributed by atoms with van der Waals surface area (Å²) < 4.78 is 41.2. The molecule has 3 rings (SSSR count). The highest BCUT2D eigenvalue weighted by atomic mass is 19.4. The Morgan fingerprint density at radius 2 is 1.62 bits per heavy atom. The van der Waals surface area contributed by atoms with Crippen molar-refractivity contribution in [1.82, 2.24) is 9.80 Å². The zero-order valence-corrected chi connectivity index (χ0v) is 15.7. The van der Waals surface area contributed by atoms with Crippen LogP contribution in [0.2, 0.25) is 0 Å². The number of hydrogen-bond donors (Lipinski definition) is 0. The summed E-state index contributed by atoms with van der Waals surface area (Å²) in [5, 5.41) is 8.85. The van der Waals surface area contributed by atoms with Crippen LogP contribution in [0.15, 0.2) is 48.5 Å². The second-order valence-electron chi connectivity index (χ2n) is 6.81. The van der Waals surface area contributed by atoms with Crippen LogP contribution in [-0.4, -0.2) is 54.7 Å². The third kappa shape index (κ3) is 5.96. The van der Waals surface area contributed by atoms with E-state index in [1.54, 1.807) is 17.0 Å². The van der Waals surface area contributed by atoms with E-state index in [1.165, 1.54) is 24.3 Å². The first-order valence-electron chi connectivity index (χ1n) is 9.14. The molecule has 2 aromatic carbocycles. The highest BCUT2D eigenvalue weighted by Crippen LogP contribution is 2.20. The van der Waals surface area contributed by atoms with Gasteiger partial charge in [0.1, 0.15) is 5.75 Å². The summed E-state index contributed by atoms with van der Waals surface area (Å²) in [5.74, 6) is -0.0727. The lowest BCUT2D eigenvalue weighted by molar-refractivity contribution is -0.153. The van der Waals surface area contributed by atoms with Gasteiger partial charge in [0.15, 0.2) is 6.61 Å². The zero-order chi connectivity index (χ0) is 20.9. The van der Waals surface area contributed by atoms with Crippen molar-refractivity contribution in [3.8, 4) is 11.8 Å². The molecule has 1 aliphatic heterocycles. The van der Waals surface area contributed by atoms with Gasteiger partial charge in [0.2, 0.25) is 0 Å². The molecule has 1 fully saturated rings. The van der Waals surface area contributed by atoms with E-state index in [4.69, 9.17) is 5.26 Å². The lowest BCUT2D eigenvalue weighted by Crippen LogP contribution is -2.48. The summed E-state index contributed by atoms with van der Waals surface area (Å²) in [4.78, 5) is 16.6. The minimum absolute atomic E-state index is 0.0751. The molecule has 0 unspecified atom stereocenters. The van der Waals surface area contributed by atoms with Crippen molar-refractivity contribution in [2.75, 3.05) is 32.8 Å². The molecule has 0 spiro atoms. The number of amides is 1. The monoisotopic (exact) mass is 403 g/mol. The van der Waals surface area contributed by atoms with Crippen LogP contribution in [0.5, 0.6) is 5.75 Å². The first kappa shape index (κ1) is 20.7. The molecule has 1 aliphatic rings. The number of benzene rings is 2. The molecule has 29 heavy (non-hydrogen) atoms. The van der Waals surface area contributed by atoms with Crippen LogP contribution in [0.4, 0.5) is 13.2 Å². The van der Waals surface area contributed by atoms with Crippen LogP contribution < -0.4 is 4.74 Å². The lowest BCUT2D eigenvalue weighted by Gasteiger charge is -2.34. The molecule has 1 amide bonds. The second kappa shape index (κ2) is 8.97. The summed E-state index contributed by atoms with van der Waals surface area (Å²) in [6, 6.07) is 15.2. The topological polar surface area (TPSA) is 56.6 Å². The molecule has 5 nitrogen and oxygen atoms in total. The van der Waals surface area contributed by atoms with Gasteiger partial charge in [-0.2, -0.15) is 18.4 Å². The molecule has 0 atom stereocenters. The fourth-order valence-electron chi connectivity index (χ4n) is 3.09. The molecule has 0 bridgehead atoms. The van der Waals surface area contributed by atoms with Gasteiger partial charge in [-0.25, -0.2) is 0 Å². The number of carbonyl (C=O) groups excluding carboxylic acids is 1. The van der Waals surface area contributed by atoms with Crippen LogP contribution in [0, 0.1) is 11.3 Å². The highest BCUT2D eigenvalue weighted by molar-refractivity contribution is 5.94. The minimum Gasteiger partial charge on any atom is -0.484 e. The number of alkyl halides is 3. The molecule has 1 heterocycles. The molecular weight excluding hydrogens is 383 g/mol. The van der Waals surface area contributed by atoms with E-state index in [0.29, 0.717) is 24.2 Å². The van der Waals surface area contributed by atoms with Gasteiger partial charge in [0.25, 0.3) is 5.91 Å². The average Bonchev–Trinajstić information content (AvgIpc) is 2.73. The Morgan fingerprint density at radius 3 is 2.17 bits per heavy atom. The Hall–Kier alpha value is -3.05. The number of carbonyl (C=O) groups is 1. The highest BCUT2D eigenvalue weighted by Gasteiger charge is 2.28. The minimum atomic E-state index is -4.40. The zero-order valence-electron chi connectivity index (χ0n) is 15.7. The number of nitrogens with zero attached hydrogens (tertiary/aromatic N) is 3. The van der Waals surface area contributed by atoms with Crippen LogP contribution in [-0.2, 0) is 6.54 Å². The van der Waals surface area contributed by atoms with Gasteiger partial charge in [-0.3, -0.25) is 9.69 Å². The molecule has 0 N–H and O–H groups in total. The molecule has 8 heteroatoms. The summed E-state index contributed by atoms with van der Waals surface area (Å²) in [5.41, 5.74) is 2.15. The SMILES string of the molecule is N#Cc1ccc(CN2CCN(C(=O)c3ccc(OCC(F)(F)F)cc3)CC2)cc1. The molecule has 0 aromatic heterocycles. The average molecular weight is 403 g/mol. The summed E-state index contributed by atoms with van der Waals surface area (Å²) in [6.07, 6.45) is -4.40. The van der Waals surface area contributed by atoms with Crippen molar-refractivity contribution in [3.05, 3.63) is 65.2 Å². The maximum Gasteiger partial charge on any atom is 0.422 e. The quantitative estimate of drug-likeness (QED) is 0.767. The third-order valence-corrected chi connectivity index (χ3v) is 4.65. The molecule has 0 radical (unpaired) electrons. The number of rotatable bonds is 5. The molecule has 0 aliphatic carbocycles. The van der Waals surface area contributed by atoms with Gasteiger partial charge in [-0.05, 0) is 42.0 Å². The van der Waals surface area contributed by atoms with E-state index in [0.717, 1.165) is 25.2 Å². The van der Waals surface area contributed by atoms with Gasteiger partial charge in [0.05, 0.1) is 11.6 Å². The van der Waals surface area contributed by atoms with Crippen molar-refractivity contribution in [2.24, 2.45) is 0 Å². The maximum atomic E-state index is 12.6. The first-order chi connectivity index (χ1) is 13.8. The van der Waals surface area contributed by atoms with Crippen molar-refractivity contribution < 1.29 is 22.7 Å². The largest absolute Gasteiger partial charge is 0.484 e. The molecule has 0 saturated carbocycles. The van der Waals surface area contributed by atoms with Gasteiger partial charge in [0, 0.05) is 38.3 Å². The number of halogens is 3. The Labute approximate surface area is 166 Å². The molecular formula is C21H20F3N3O2. The first-order valence-corrected chi connectivity index (χ1v) is 9.14. The second-order valence-corrected chi connectivity index (χ2v) is 6.81. The van der Waals surface area contributed by atoms with Crippen molar-refractivity contribution in [3.63, 3.8) is 0 Å². The standard InChI is InChI=1S/C21H20F3N3O2/c22-21(23,24)15-29-19-7-5-18(6-8-19)20(28)27-11-9-26(10-12-27)14-17-3-1-16(13-25)2-4-17/h1-8H,9-12,14-15H2. The number of ether oxygens (including phenoxy) is 1. The van der Waals surface area contributed by atoms with Gasteiger partial charge in [-0.15, -0.1) is 0 Å². The fraction of sp³-hybridized carbons (Fsp3) is 0.333. The molecule has 152 valence electrons. The predicted octanol–water partition coefficient (Wildman–Crippen LogP) is 3.46. The van der Waals surface area contributed by atoms with Crippen molar-refractivity contribution >= 4 is 5.91 Å². The van der Waals surface area contributed by atoms with Gasteiger partial charge >= 0.3 is 6.18 Å². The number of nitriles is 1. The number of piperazine rings is 1. The molecule has 2 aromatic rings. The Balaban J connectivity index is 1.49. The lowest BCUT2D eigenvalue weighted by atomic mass is 10.1. The van der Waals surface area contributed by atoms with E-state index in [1.807, 2.05) is 12.1 Å². The van der Waals surface area contributed by atoms with E-state index in [2.05, 4.69) is 15.7 Å². The third-order valence-electron chi connectivity index (χ3n) is 4.65. The van der Waals surface area contributed by atoms with Crippen LogP contribution >= 0.6 is 0 Å². The summed E-state index contributed by atoms with van der Waals surface area (Å²) >= 11 is 0. The Morgan fingerprint density at radius 1 is 1.00 bits per heavy atom. The van der Waals surface area contributed by atoms with Crippen molar-refractivity contribution in [1.29, 1.82) is 5.26 Å². The summed E-state index contributed by atoms with van der Waals surface area (Å²) in [6.45, 7) is 1.97. The smallest absolute Gasteiger partial charge is 0.422 e. The molecule has 1 saturated heterocycles. The predicted molar refractivity (Wildman–Crippen MR) is 100 cm³/mol. The van der Waals surface area contributed by atoms with Crippen LogP contribution in [0.3, 0.4) is 0 Å². The van der Waals surface area contributed by atoms with E-state index < -0.39 is 12.8 Å². The number of hydrogen-bond acceptors (Lipinski definition) is 4. The van der Waals surface area contributed by atoms with Crippen molar-refractivity contribution in [2.45, 2.75) is 12.7 Å². The fourth-order valence-corrected chi connectivity index (χ4v) is 3.09. The Kier molecular flexibility index (Phi) is 6.39. The van der Waals surface area contributed by atoms with Gasteiger partial charge < -0.3 is 9.64 Å².